The normalized spacial score (nSPS) is 13.1. The zero-order valence-electron chi connectivity index (χ0n) is 16.1. The lowest BCUT2D eigenvalue weighted by Crippen LogP contribution is -2.20. The highest BCUT2D eigenvalue weighted by Gasteiger charge is 2.27. The molecule has 0 spiro atoms. The summed E-state index contributed by atoms with van der Waals surface area (Å²) >= 11 is 0. The second kappa shape index (κ2) is 8.48. The van der Waals surface area contributed by atoms with Crippen LogP contribution in [0.2, 0.25) is 0 Å². The van der Waals surface area contributed by atoms with Gasteiger partial charge in [-0.1, -0.05) is 52.3 Å². The summed E-state index contributed by atoms with van der Waals surface area (Å²) in [6, 6.07) is 4.47. The molecule has 1 aromatic carbocycles. The van der Waals surface area contributed by atoms with Crippen molar-refractivity contribution < 1.29 is 9.53 Å². The van der Waals surface area contributed by atoms with Crippen molar-refractivity contribution in [2.75, 3.05) is 6.61 Å². The van der Waals surface area contributed by atoms with Gasteiger partial charge in [0, 0.05) is 11.1 Å². The number of ether oxygens (including phenoxy) is 1. The largest absolute Gasteiger partial charge is 0.493 e. The van der Waals surface area contributed by atoms with Crippen molar-refractivity contribution in [1.82, 2.24) is 0 Å². The Morgan fingerprint density at radius 2 is 1.54 bits per heavy atom. The number of rotatable bonds is 6. The van der Waals surface area contributed by atoms with Crippen molar-refractivity contribution in [2.24, 2.45) is 0 Å². The van der Waals surface area contributed by atoms with Crippen LogP contribution in [0.15, 0.2) is 17.5 Å². The van der Waals surface area contributed by atoms with Crippen LogP contribution in [-0.2, 0) is 15.6 Å². The minimum atomic E-state index is -0.00845. The zero-order valence-corrected chi connectivity index (χ0v) is 17.8. The number of carbonyl (C=O) groups excluding carboxylic acids is 1. The van der Waals surface area contributed by atoms with Gasteiger partial charge < -0.3 is 4.74 Å². The van der Waals surface area contributed by atoms with E-state index in [9.17, 15) is 4.79 Å². The number of allylic oxidation sites excluding steroid dienone is 1. The number of carbonyl (C=O) groups is 1. The molecule has 0 bridgehead atoms. The van der Waals surface area contributed by atoms with Crippen LogP contribution in [0.4, 0.5) is 0 Å². The van der Waals surface area contributed by atoms with Crippen LogP contribution < -0.4 is 4.74 Å². The zero-order chi connectivity index (χ0) is 18.5. The Hall–Kier alpha value is -0.870. The SMILES string of the molecule is CCOc1c(C(C)(C)C)cc(/C(C)=C/SSC=O)cc1C(C)(C)C. The van der Waals surface area contributed by atoms with E-state index in [1.165, 1.54) is 38.3 Å². The van der Waals surface area contributed by atoms with Crippen molar-refractivity contribution in [3.63, 3.8) is 0 Å². The first-order chi connectivity index (χ1) is 11.0. The predicted octanol–water partition coefficient (Wildman–Crippen LogP) is 6.61. The Morgan fingerprint density at radius 1 is 1.04 bits per heavy atom. The van der Waals surface area contributed by atoms with Crippen LogP contribution in [0.1, 0.15) is 72.1 Å². The fourth-order valence-corrected chi connectivity index (χ4v) is 3.58. The Bertz CT molecular complexity index is 570. The molecule has 2 nitrogen and oxygen atoms in total. The molecule has 0 aliphatic rings. The Balaban J connectivity index is 3.59. The number of hydrogen-bond donors (Lipinski definition) is 0. The van der Waals surface area contributed by atoms with Gasteiger partial charge in [0.05, 0.1) is 6.61 Å². The van der Waals surface area contributed by atoms with Crippen molar-refractivity contribution in [1.29, 1.82) is 0 Å². The molecular formula is C20H30O2S2. The van der Waals surface area contributed by atoms with E-state index in [0.29, 0.717) is 6.61 Å². The summed E-state index contributed by atoms with van der Waals surface area (Å²) in [5, 5.41) is 2.04. The summed E-state index contributed by atoms with van der Waals surface area (Å²) < 4.78 is 6.08. The van der Waals surface area contributed by atoms with Crippen LogP contribution in [-0.4, -0.2) is 12.2 Å². The smallest absolute Gasteiger partial charge is 0.187 e. The van der Waals surface area contributed by atoms with Crippen LogP contribution in [0.25, 0.3) is 5.57 Å². The summed E-state index contributed by atoms with van der Waals surface area (Å²) in [5.41, 5.74) is 5.64. The van der Waals surface area contributed by atoms with E-state index in [1.54, 1.807) is 0 Å². The van der Waals surface area contributed by atoms with E-state index in [2.05, 4.69) is 60.6 Å². The standard InChI is InChI=1S/C20H30O2S2/c1-9-22-18-16(19(3,4)5)10-15(11-17(18)20(6,7)8)14(2)12-23-24-13-21/h10-13H,9H2,1-8H3/b14-12+. The summed E-state index contributed by atoms with van der Waals surface area (Å²) in [6.45, 7) is 18.1. The molecule has 0 saturated heterocycles. The third-order valence-corrected chi connectivity index (χ3v) is 5.27. The maximum absolute atomic E-state index is 10.5. The van der Waals surface area contributed by atoms with Crippen molar-refractivity contribution in [3.8, 4) is 5.75 Å². The first-order valence-corrected chi connectivity index (χ1v) is 10.5. The van der Waals surface area contributed by atoms with E-state index < -0.39 is 0 Å². The van der Waals surface area contributed by atoms with E-state index in [1.807, 2.05) is 12.3 Å². The fourth-order valence-electron chi connectivity index (χ4n) is 2.46. The van der Waals surface area contributed by atoms with Gasteiger partial charge in [-0.3, -0.25) is 4.79 Å². The molecule has 0 atom stereocenters. The van der Waals surface area contributed by atoms with Crippen LogP contribution in [0, 0.1) is 0 Å². The highest BCUT2D eigenvalue weighted by atomic mass is 33.1. The summed E-state index contributed by atoms with van der Waals surface area (Å²) in [5.74, 6) is 1.02. The minimum absolute atomic E-state index is 0.00845. The minimum Gasteiger partial charge on any atom is -0.493 e. The molecule has 0 heterocycles. The molecule has 1 aromatic rings. The topological polar surface area (TPSA) is 26.3 Å². The lowest BCUT2D eigenvalue weighted by atomic mass is 9.78. The first kappa shape index (κ1) is 21.2. The van der Waals surface area contributed by atoms with Gasteiger partial charge in [0.2, 0.25) is 0 Å². The molecule has 1 rings (SSSR count). The van der Waals surface area contributed by atoms with Crippen molar-refractivity contribution in [3.05, 3.63) is 34.2 Å². The lowest BCUT2D eigenvalue weighted by molar-refractivity contribution is 0.319. The summed E-state index contributed by atoms with van der Waals surface area (Å²) in [6.07, 6.45) is 0. The van der Waals surface area contributed by atoms with Crippen LogP contribution in [0.5, 0.6) is 5.75 Å². The van der Waals surface area contributed by atoms with Crippen molar-refractivity contribution >= 4 is 32.8 Å². The summed E-state index contributed by atoms with van der Waals surface area (Å²) in [7, 11) is 2.65. The molecule has 0 radical (unpaired) electrons. The monoisotopic (exact) mass is 366 g/mol. The van der Waals surface area contributed by atoms with E-state index in [4.69, 9.17) is 4.74 Å². The molecule has 4 heteroatoms. The Morgan fingerprint density at radius 3 is 1.92 bits per heavy atom. The second-order valence-corrected chi connectivity index (χ2v) is 9.89. The van der Waals surface area contributed by atoms with Crippen molar-refractivity contribution in [2.45, 2.75) is 66.2 Å². The third-order valence-electron chi connectivity index (χ3n) is 3.77. The molecule has 0 saturated carbocycles. The van der Waals surface area contributed by atoms with Gasteiger partial charge in [0.25, 0.3) is 0 Å². The van der Waals surface area contributed by atoms with Gasteiger partial charge in [-0.05, 0) is 64.1 Å². The summed E-state index contributed by atoms with van der Waals surface area (Å²) in [4.78, 5) is 10.5. The molecule has 0 amide bonds. The number of hydrogen-bond acceptors (Lipinski definition) is 4. The van der Waals surface area contributed by atoms with Crippen LogP contribution >= 0.6 is 21.6 Å². The molecule has 0 aliphatic carbocycles. The van der Waals surface area contributed by atoms with E-state index in [0.717, 1.165) is 16.9 Å². The third kappa shape index (κ3) is 5.59. The Labute approximate surface area is 155 Å². The van der Waals surface area contributed by atoms with E-state index >= 15 is 0 Å². The highest BCUT2D eigenvalue weighted by molar-refractivity contribution is 8.82. The van der Waals surface area contributed by atoms with Gasteiger partial charge in [-0.15, -0.1) is 0 Å². The quantitative estimate of drug-likeness (QED) is 0.321. The van der Waals surface area contributed by atoms with Gasteiger partial charge in [0.1, 0.15) is 5.75 Å². The van der Waals surface area contributed by atoms with E-state index in [-0.39, 0.29) is 10.8 Å². The molecule has 24 heavy (non-hydrogen) atoms. The maximum Gasteiger partial charge on any atom is 0.187 e. The number of benzene rings is 1. The molecule has 0 aliphatic heterocycles. The van der Waals surface area contributed by atoms with Gasteiger partial charge in [-0.25, -0.2) is 0 Å². The van der Waals surface area contributed by atoms with Crippen LogP contribution in [0.3, 0.4) is 0 Å². The van der Waals surface area contributed by atoms with Gasteiger partial charge >= 0.3 is 0 Å². The Kier molecular flexibility index (Phi) is 7.48. The molecule has 0 N–H and O–H groups in total. The molecule has 0 fully saturated rings. The second-order valence-electron chi connectivity index (χ2n) is 7.92. The molecular weight excluding hydrogens is 336 g/mol. The lowest BCUT2D eigenvalue weighted by Gasteiger charge is -2.30. The van der Waals surface area contributed by atoms with Gasteiger partial charge in [0.15, 0.2) is 5.62 Å². The van der Waals surface area contributed by atoms with Gasteiger partial charge in [-0.2, -0.15) is 0 Å². The maximum atomic E-state index is 10.5. The molecule has 0 unspecified atom stereocenters. The average Bonchev–Trinajstić information content (AvgIpc) is 2.45. The molecule has 134 valence electrons. The predicted molar refractivity (Wildman–Crippen MR) is 111 cm³/mol. The fraction of sp³-hybridized carbons (Fsp3) is 0.550. The average molecular weight is 367 g/mol. The highest BCUT2D eigenvalue weighted by Crippen LogP contribution is 2.42. The molecule has 0 aromatic heterocycles. The first-order valence-electron chi connectivity index (χ1n) is 8.27.